The van der Waals surface area contributed by atoms with Crippen molar-refractivity contribution >= 4 is 21.8 Å². The van der Waals surface area contributed by atoms with Crippen molar-refractivity contribution in [3.05, 3.63) is 100 Å². The summed E-state index contributed by atoms with van der Waals surface area (Å²) in [5.74, 6) is 0.671. The van der Waals surface area contributed by atoms with Gasteiger partial charge in [-0.05, 0) is 36.2 Å². The summed E-state index contributed by atoms with van der Waals surface area (Å²) in [5.41, 5.74) is 3.17. The molecule has 3 aromatic carbocycles. The zero-order valence-electron chi connectivity index (χ0n) is 17.7. The van der Waals surface area contributed by atoms with Gasteiger partial charge in [0.25, 0.3) is 5.91 Å². The molecule has 4 nitrogen and oxygen atoms in total. The lowest BCUT2D eigenvalue weighted by Crippen LogP contribution is -2.49. The molecule has 1 heterocycles. The van der Waals surface area contributed by atoms with E-state index in [9.17, 15) is 4.79 Å². The van der Waals surface area contributed by atoms with Crippen molar-refractivity contribution in [1.82, 2.24) is 9.80 Å². The number of hydrogen-bond acceptors (Lipinski definition) is 3. The van der Waals surface area contributed by atoms with E-state index in [4.69, 9.17) is 4.74 Å². The Labute approximate surface area is 192 Å². The van der Waals surface area contributed by atoms with E-state index in [1.807, 2.05) is 30.0 Å². The van der Waals surface area contributed by atoms with Crippen LogP contribution in [0.1, 0.15) is 34.5 Å². The standard InChI is InChI=1S/C26H27BrN2O2/c1-2-31-24-14-13-22(27)19-23(24)26(30)29-17-15-28(16-18-29)25(20-9-5-3-6-10-20)21-11-7-4-8-12-21/h3-14,19,25H,2,15-18H2,1H3. The van der Waals surface area contributed by atoms with Crippen LogP contribution in [0.15, 0.2) is 83.3 Å². The fourth-order valence-corrected chi connectivity index (χ4v) is 4.55. The van der Waals surface area contributed by atoms with Crippen molar-refractivity contribution in [1.29, 1.82) is 0 Å². The molecule has 0 bridgehead atoms. The molecule has 3 aromatic rings. The Morgan fingerprint density at radius 3 is 2.03 bits per heavy atom. The van der Waals surface area contributed by atoms with E-state index in [-0.39, 0.29) is 11.9 Å². The van der Waals surface area contributed by atoms with Crippen molar-refractivity contribution < 1.29 is 9.53 Å². The lowest BCUT2D eigenvalue weighted by Gasteiger charge is -2.40. The van der Waals surface area contributed by atoms with Crippen molar-refractivity contribution in [2.45, 2.75) is 13.0 Å². The van der Waals surface area contributed by atoms with Gasteiger partial charge in [-0.2, -0.15) is 0 Å². The second-order valence-electron chi connectivity index (χ2n) is 7.63. The summed E-state index contributed by atoms with van der Waals surface area (Å²) in [4.78, 5) is 17.7. The minimum absolute atomic E-state index is 0.0281. The summed E-state index contributed by atoms with van der Waals surface area (Å²) in [7, 11) is 0. The number of amides is 1. The van der Waals surface area contributed by atoms with Crippen LogP contribution in [0.4, 0.5) is 0 Å². The molecule has 0 aromatic heterocycles. The van der Waals surface area contributed by atoms with Crippen LogP contribution in [0, 0.1) is 0 Å². The summed E-state index contributed by atoms with van der Waals surface area (Å²) in [6, 6.07) is 27.0. The van der Waals surface area contributed by atoms with Gasteiger partial charge in [0.1, 0.15) is 5.75 Å². The Morgan fingerprint density at radius 2 is 1.48 bits per heavy atom. The molecular formula is C26H27BrN2O2. The molecule has 31 heavy (non-hydrogen) atoms. The normalized spacial score (nSPS) is 14.6. The van der Waals surface area contributed by atoms with Crippen LogP contribution >= 0.6 is 15.9 Å². The minimum atomic E-state index is 0.0281. The number of nitrogens with zero attached hydrogens (tertiary/aromatic N) is 2. The molecule has 0 N–H and O–H groups in total. The van der Waals surface area contributed by atoms with Crippen LogP contribution < -0.4 is 4.74 Å². The van der Waals surface area contributed by atoms with Crippen LogP contribution in [-0.2, 0) is 0 Å². The van der Waals surface area contributed by atoms with Gasteiger partial charge in [-0.15, -0.1) is 0 Å². The van der Waals surface area contributed by atoms with Gasteiger partial charge in [-0.25, -0.2) is 0 Å². The summed E-state index contributed by atoms with van der Waals surface area (Å²) in [6.07, 6.45) is 0. The number of benzene rings is 3. The van der Waals surface area contributed by atoms with Crippen molar-refractivity contribution in [2.24, 2.45) is 0 Å². The summed E-state index contributed by atoms with van der Waals surface area (Å²) in [5, 5.41) is 0. The van der Waals surface area contributed by atoms with E-state index in [1.54, 1.807) is 0 Å². The molecule has 0 unspecified atom stereocenters. The first-order valence-corrected chi connectivity index (χ1v) is 11.5. The van der Waals surface area contributed by atoms with Crippen LogP contribution in [0.2, 0.25) is 0 Å². The third-order valence-corrected chi connectivity index (χ3v) is 6.16. The molecule has 1 aliphatic rings. The Morgan fingerprint density at radius 1 is 0.903 bits per heavy atom. The van der Waals surface area contributed by atoms with Crippen molar-refractivity contribution in [3.63, 3.8) is 0 Å². The zero-order valence-corrected chi connectivity index (χ0v) is 19.3. The van der Waals surface area contributed by atoms with Gasteiger partial charge in [-0.3, -0.25) is 9.69 Å². The molecule has 0 aliphatic carbocycles. The van der Waals surface area contributed by atoms with Gasteiger partial charge >= 0.3 is 0 Å². The second-order valence-corrected chi connectivity index (χ2v) is 8.54. The summed E-state index contributed by atoms with van der Waals surface area (Å²) >= 11 is 3.49. The third-order valence-electron chi connectivity index (χ3n) is 5.67. The molecular weight excluding hydrogens is 452 g/mol. The molecule has 5 heteroatoms. The Bertz CT molecular complexity index is 963. The third kappa shape index (κ3) is 5.00. The maximum atomic E-state index is 13.3. The highest BCUT2D eigenvalue weighted by molar-refractivity contribution is 9.10. The van der Waals surface area contributed by atoms with Crippen LogP contribution in [0.3, 0.4) is 0 Å². The molecule has 1 amide bonds. The predicted molar refractivity (Wildman–Crippen MR) is 128 cm³/mol. The Kier molecular flexibility index (Phi) is 7.05. The summed E-state index contributed by atoms with van der Waals surface area (Å²) in [6.45, 7) is 5.48. The fraction of sp³-hybridized carbons (Fsp3) is 0.269. The van der Waals surface area contributed by atoms with Crippen LogP contribution in [-0.4, -0.2) is 48.5 Å². The van der Waals surface area contributed by atoms with Gasteiger partial charge in [0.2, 0.25) is 0 Å². The predicted octanol–water partition coefficient (Wildman–Crippen LogP) is 5.40. The number of halogens is 1. The van der Waals surface area contributed by atoms with E-state index in [0.717, 1.165) is 17.6 Å². The van der Waals surface area contributed by atoms with E-state index >= 15 is 0 Å². The van der Waals surface area contributed by atoms with Gasteiger partial charge in [0, 0.05) is 30.7 Å². The van der Waals surface area contributed by atoms with Crippen molar-refractivity contribution in [2.75, 3.05) is 32.8 Å². The Balaban J connectivity index is 1.52. The average molecular weight is 479 g/mol. The van der Waals surface area contributed by atoms with E-state index < -0.39 is 0 Å². The Hall–Kier alpha value is -2.63. The van der Waals surface area contributed by atoms with Crippen molar-refractivity contribution in [3.8, 4) is 5.75 Å². The number of ether oxygens (including phenoxy) is 1. The molecule has 1 saturated heterocycles. The number of carbonyl (C=O) groups is 1. The van der Waals surface area contributed by atoms with E-state index in [1.165, 1.54) is 11.1 Å². The molecule has 160 valence electrons. The lowest BCUT2D eigenvalue weighted by molar-refractivity contribution is 0.0593. The molecule has 0 radical (unpaired) electrons. The first-order valence-electron chi connectivity index (χ1n) is 10.7. The summed E-state index contributed by atoms with van der Waals surface area (Å²) < 4.78 is 6.58. The highest BCUT2D eigenvalue weighted by Gasteiger charge is 2.29. The number of rotatable bonds is 6. The zero-order chi connectivity index (χ0) is 21.6. The van der Waals surface area contributed by atoms with Gasteiger partial charge in [0.05, 0.1) is 18.2 Å². The average Bonchev–Trinajstić information content (AvgIpc) is 2.82. The molecule has 0 spiro atoms. The first-order chi connectivity index (χ1) is 15.2. The molecule has 0 saturated carbocycles. The van der Waals surface area contributed by atoms with E-state index in [0.29, 0.717) is 31.0 Å². The number of piperazine rings is 1. The van der Waals surface area contributed by atoms with Crippen LogP contribution in [0.5, 0.6) is 5.75 Å². The van der Waals surface area contributed by atoms with Gasteiger partial charge in [-0.1, -0.05) is 76.6 Å². The van der Waals surface area contributed by atoms with Gasteiger partial charge < -0.3 is 9.64 Å². The first kappa shape index (κ1) is 21.6. The quantitative estimate of drug-likeness (QED) is 0.475. The number of carbonyl (C=O) groups excluding carboxylic acids is 1. The molecule has 1 fully saturated rings. The highest BCUT2D eigenvalue weighted by Crippen LogP contribution is 2.30. The lowest BCUT2D eigenvalue weighted by atomic mass is 9.96. The largest absolute Gasteiger partial charge is 0.493 e. The maximum absolute atomic E-state index is 13.3. The smallest absolute Gasteiger partial charge is 0.257 e. The maximum Gasteiger partial charge on any atom is 0.257 e. The van der Waals surface area contributed by atoms with E-state index in [2.05, 4.69) is 81.5 Å². The highest BCUT2D eigenvalue weighted by atomic mass is 79.9. The fourth-order valence-electron chi connectivity index (χ4n) is 4.19. The number of hydrogen-bond donors (Lipinski definition) is 0. The molecule has 0 atom stereocenters. The second kappa shape index (κ2) is 10.1. The van der Waals surface area contributed by atoms with Crippen LogP contribution in [0.25, 0.3) is 0 Å². The topological polar surface area (TPSA) is 32.8 Å². The molecule has 4 rings (SSSR count). The minimum Gasteiger partial charge on any atom is -0.493 e. The molecule has 1 aliphatic heterocycles. The van der Waals surface area contributed by atoms with Gasteiger partial charge in [0.15, 0.2) is 0 Å². The monoisotopic (exact) mass is 478 g/mol. The SMILES string of the molecule is CCOc1ccc(Br)cc1C(=O)N1CCN(C(c2ccccc2)c2ccccc2)CC1.